The number of aryl methyl sites for hydroxylation is 2. The van der Waals surface area contributed by atoms with Crippen molar-refractivity contribution in [3.63, 3.8) is 0 Å². The molecule has 174 valence electrons. The molecular formula is C30H32N2O2. The standard InChI is InChI=1S/C30H32N2O2/c1-21-9-13-23(14-10-21)27(24-15-11-22(2)12-16-24)28-25-7-3-4-8-26(25)32(29(28)30(33)34)20-19-31-17-5-6-18-31/h3-4,7-16,27H,5-6,17-20H2,1-2H3,(H,33,34). The van der Waals surface area contributed by atoms with Gasteiger partial charge in [-0.15, -0.1) is 0 Å². The van der Waals surface area contributed by atoms with Gasteiger partial charge in [-0.25, -0.2) is 4.79 Å². The van der Waals surface area contributed by atoms with Crippen molar-refractivity contribution in [2.45, 2.75) is 39.2 Å². The lowest BCUT2D eigenvalue weighted by molar-refractivity contribution is 0.0683. The minimum absolute atomic E-state index is 0.162. The highest BCUT2D eigenvalue weighted by Gasteiger charge is 2.30. The molecule has 1 aromatic heterocycles. The van der Waals surface area contributed by atoms with Crippen LogP contribution in [0.2, 0.25) is 0 Å². The number of rotatable bonds is 7. The lowest BCUT2D eigenvalue weighted by Gasteiger charge is -2.21. The molecule has 0 spiro atoms. The Morgan fingerprint density at radius 2 is 1.38 bits per heavy atom. The molecule has 4 aromatic rings. The van der Waals surface area contributed by atoms with E-state index in [1.54, 1.807) is 0 Å². The Kier molecular flexibility index (Phi) is 6.25. The molecule has 3 aromatic carbocycles. The molecule has 1 N–H and O–H groups in total. The monoisotopic (exact) mass is 452 g/mol. The van der Waals surface area contributed by atoms with Gasteiger partial charge in [0, 0.05) is 35.5 Å². The third-order valence-corrected chi connectivity index (χ3v) is 7.16. The molecule has 0 radical (unpaired) electrons. The van der Waals surface area contributed by atoms with Crippen molar-refractivity contribution in [3.8, 4) is 0 Å². The summed E-state index contributed by atoms with van der Waals surface area (Å²) in [6, 6.07) is 25.2. The number of benzene rings is 3. The van der Waals surface area contributed by atoms with Crippen molar-refractivity contribution in [3.05, 3.63) is 106 Å². The molecule has 34 heavy (non-hydrogen) atoms. The van der Waals surface area contributed by atoms with Gasteiger partial charge >= 0.3 is 5.97 Å². The topological polar surface area (TPSA) is 45.5 Å². The van der Waals surface area contributed by atoms with Gasteiger partial charge in [0.2, 0.25) is 0 Å². The third-order valence-electron chi connectivity index (χ3n) is 7.16. The normalized spacial score (nSPS) is 14.3. The Morgan fingerprint density at radius 1 is 0.824 bits per heavy atom. The highest BCUT2D eigenvalue weighted by molar-refractivity contribution is 5.99. The van der Waals surface area contributed by atoms with Gasteiger partial charge in [-0.05, 0) is 57.0 Å². The average molecular weight is 453 g/mol. The van der Waals surface area contributed by atoms with Gasteiger partial charge < -0.3 is 14.6 Å². The van der Waals surface area contributed by atoms with Crippen LogP contribution in [-0.4, -0.2) is 40.2 Å². The minimum atomic E-state index is -0.864. The number of likely N-dealkylation sites (tertiary alicyclic amines) is 1. The quantitative estimate of drug-likeness (QED) is 0.361. The predicted molar refractivity (Wildman–Crippen MR) is 138 cm³/mol. The fourth-order valence-corrected chi connectivity index (χ4v) is 5.38. The van der Waals surface area contributed by atoms with Gasteiger partial charge in [-0.1, -0.05) is 77.9 Å². The Morgan fingerprint density at radius 3 is 1.94 bits per heavy atom. The number of nitrogens with zero attached hydrogens (tertiary/aromatic N) is 2. The van der Waals surface area contributed by atoms with E-state index in [4.69, 9.17) is 0 Å². The molecule has 0 amide bonds. The van der Waals surface area contributed by atoms with E-state index in [2.05, 4.69) is 79.4 Å². The van der Waals surface area contributed by atoms with Crippen molar-refractivity contribution in [1.82, 2.24) is 9.47 Å². The number of hydrogen-bond acceptors (Lipinski definition) is 2. The van der Waals surface area contributed by atoms with E-state index >= 15 is 0 Å². The zero-order valence-corrected chi connectivity index (χ0v) is 20.0. The molecule has 4 nitrogen and oxygen atoms in total. The van der Waals surface area contributed by atoms with Gasteiger partial charge in [0.25, 0.3) is 0 Å². The van der Waals surface area contributed by atoms with Crippen molar-refractivity contribution in [2.24, 2.45) is 0 Å². The van der Waals surface area contributed by atoms with Gasteiger partial charge in [-0.2, -0.15) is 0 Å². The van der Waals surface area contributed by atoms with E-state index in [1.807, 2.05) is 16.7 Å². The van der Waals surface area contributed by atoms with Gasteiger partial charge in [0.15, 0.2) is 0 Å². The summed E-state index contributed by atoms with van der Waals surface area (Å²) in [5, 5.41) is 11.6. The van der Waals surface area contributed by atoms with E-state index in [0.717, 1.165) is 47.2 Å². The van der Waals surface area contributed by atoms with Crippen LogP contribution >= 0.6 is 0 Å². The fourth-order valence-electron chi connectivity index (χ4n) is 5.38. The number of aromatic nitrogens is 1. The van der Waals surface area contributed by atoms with Crippen LogP contribution in [0.1, 0.15) is 57.1 Å². The largest absolute Gasteiger partial charge is 0.477 e. The Balaban J connectivity index is 1.73. The molecule has 0 bridgehead atoms. The summed E-state index contributed by atoms with van der Waals surface area (Å²) >= 11 is 0. The molecule has 1 fully saturated rings. The number of para-hydroxylation sites is 1. The molecule has 2 heterocycles. The minimum Gasteiger partial charge on any atom is -0.477 e. The van der Waals surface area contributed by atoms with Crippen LogP contribution in [0.5, 0.6) is 0 Å². The van der Waals surface area contributed by atoms with Crippen molar-refractivity contribution in [1.29, 1.82) is 0 Å². The van der Waals surface area contributed by atoms with Gasteiger partial charge in [0.1, 0.15) is 5.69 Å². The van der Waals surface area contributed by atoms with Crippen LogP contribution < -0.4 is 0 Å². The summed E-state index contributed by atoms with van der Waals surface area (Å²) in [4.78, 5) is 15.3. The van der Waals surface area contributed by atoms with E-state index in [-0.39, 0.29) is 5.92 Å². The van der Waals surface area contributed by atoms with Crippen LogP contribution in [0.15, 0.2) is 72.8 Å². The second kappa shape index (κ2) is 9.47. The number of carbonyl (C=O) groups is 1. The Hall–Kier alpha value is -3.37. The molecule has 4 heteroatoms. The van der Waals surface area contributed by atoms with Crippen molar-refractivity contribution in [2.75, 3.05) is 19.6 Å². The Labute approximate surface area is 201 Å². The maximum absolute atomic E-state index is 12.8. The highest BCUT2D eigenvalue weighted by Crippen LogP contribution is 2.40. The van der Waals surface area contributed by atoms with E-state index < -0.39 is 5.97 Å². The Bertz CT molecular complexity index is 1250. The van der Waals surface area contributed by atoms with Crippen LogP contribution in [0.4, 0.5) is 0 Å². The molecule has 5 rings (SSSR count). The third kappa shape index (κ3) is 4.26. The van der Waals surface area contributed by atoms with E-state index in [1.165, 1.54) is 24.0 Å². The second-order valence-electron chi connectivity index (χ2n) is 9.54. The zero-order valence-electron chi connectivity index (χ0n) is 20.0. The smallest absolute Gasteiger partial charge is 0.352 e. The lowest BCUT2D eigenvalue weighted by Crippen LogP contribution is -2.25. The molecule has 1 saturated heterocycles. The summed E-state index contributed by atoms with van der Waals surface area (Å²) in [6.45, 7) is 7.91. The molecule has 0 atom stereocenters. The SMILES string of the molecule is Cc1ccc(C(c2ccc(C)cc2)c2c(C(=O)O)n(CCN3CCCC3)c3ccccc23)cc1. The van der Waals surface area contributed by atoms with Gasteiger partial charge in [0.05, 0.1) is 0 Å². The first kappa shape index (κ1) is 22.4. The summed E-state index contributed by atoms with van der Waals surface area (Å²) in [7, 11) is 0. The predicted octanol–water partition coefficient (Wildman–Crippen LogP) is 6.23. The first-order valence-electron chi connectivity index (χ1n) is 12.2. The van der Waals surface area contributed by atoms with Crippen molar-refractivity contribution < 1.29 is 9.90 Å². The van der Waals surface area contributed by atoms with E-state index in [9.17, 15) is 9.90 Å². The lowest BCUT2D eigenvalue weighted by atomic mass is 9.83. The summed E-state index contributed by atoms with van der Waals surface area (Å²) < 4.78 is 2.04. The summed E-state index contributed by atoms with van der Waals surface area (Å²) in [6.07, 6.45) is 2.46. The summed E-state index contributed by atoms with van der Waals surface area (Å²) in [5.74, 6) is -1.03. The number of hydrogen-bond donors (Lipinski definition) is 1. The molecule has 1 aliphatic heterocycles. The molecule has 0 saturated carbocycles. The number of carboxylic acid groups (broad SMARTS) is 1. The maximum Gasteiger partial charge on any atom is 0.352 e. The van der Waals surface area contributed by atoms with Crippen LogP contribution in [0.3, 0.4) is 0 Å². The van der Waals surface area contributed by atoms with E-state index in [0.29, 0.717) is 12.2 Å². The zero-order chi connectivity index (χ0) is 23.7. The van der Waals surface area contributed by atoms with Crippen LogP contribution in [0, 0.1) is 13.8 Å². The molecular weight excluding hydrogens is 420 g/mol. The number of aromatic carboxylic acids is 1. The molecule has 0 unspecified atom stereocenters. The first-order valence-corrected chi connectivity index (χ1v) is 12.2. The van der Waals surface area contributed by atoms with Crippen LogP contribution in [0.25, 0.3) is 10.9 Å². The fraction of sp³-hybridized carbons (Fsp3) is 0.300. The maximum atomic E-state index is 12.8. The average Bonchev–Trinajstić information content (AvgIpc) is 3.47. The number of carboxylic acids is 1. The number of fused-ring (bicyclic) bond motifs is 1. The first-order chi connectivity index (χ1) is 16.5. The van der Waals surface area contributed by atoms with Crippen LogP contribution in [-0.2, 0) is 6.54 Å². The summed E-state index contributed by atoms with van der Waals surface area (Å²) in [5.41, 5.74) is 6.90. The second-order valence-corrected chi connectivity index (χ2v) is 9.54. The molecule has 0 aliphatic carbocycles. The van der Waals surface area contributed by atoms with Gasteiger partial charge in [-0.3, -0.25) is 0 Å². The molecule has 1 aliphatic rings. The highest BCUT2D eigenvalue weighted by atomic mass is 16.4. The van der Waals surface area contributed by atoms with Crippen molar-refractivity contribution >= 4 is 16.9 Å².